The van der Waals surface area contributed by atoms with Crippen LogP contribution in [0.3, 0.4) is 0 Å². The zero-order valence-corrected chi connectivity index (χ0v) is 15.2. The molecular weight excluding hydrogens is 402 g/mol. The van der Waals surface area contributed by atoms with Crippen molar-refractivity contribution in [3.8, 4) is 0 Å². The van der Waals surface area contributed by atoms with Gasteiger partial charge in [-0.2, -0.15) is 0 Å². The van der Waals surface area contributed by atoms with Crippen LogP contribution in [0.5, 0.6) is 0 Å². The molecule has 8 nitrogen and oxygen atoms in total. The number of hydrogen-bond donors (Lipinski definition) is 2. The summed E-state index contributed by atoms with van der Waals surface area (Å²) in [5.74, 6) is -1.31. The Morgan fingerprint density at radius 1 is 1.54 bits per heavy atom. The first-order valence-corrected chi connectivity index (χ1v) is 8.43. The van der Waals surface area contributed by atoms with Gasteiger partial charge >= 0.3 is 5.97 Å². The van der Waals surface area contributed by atoms with Gasteiger partial charge in [-0.25, -0.2) is 0 Å². The normalized spacial score (nSPS) is 17.2. The number of piperazine rings is 1. The van der Waals surface area contributed by atoms with Crippen LogP contribution in [0.25, 0.3) is 0 Å². The van der Waals surface area contributed by atoms with Gasteiger partial charge in [0.05, 0.1) is 13.0 Å². The van der Waals surface area contributed by atoms with E-state index in [0.717, 1.165) is 0 Å². The minimum Gasteiger partial charge on any atom is -0.466 e. The van der Waals surface area contributed by atoms with Crippen molar-refractivity contribution in [2.75, 3.05) is 19.7 Å². The summed E-state index contributed by atoms with van der Waals surface area (Å²) in [5, 5.41) is 5.23. The average Bonchev–Trinajstić information content (AvgIpc) is 2.96. The third kappa shape index (κ3) is 4.54. The van der Waals surface area contributed by atoms with E-state index in [4.69, 9.17) is 21.4 Å². The van der Waals surface area contributed by atoms with Gasteiger partial charge in [0.25, 0.3) is 5.91 Å². The third-order valence-electron chi connectivity index (χ3n) is 3.27. The van der Waals surface area contributed by atoms with Crippen molar-refractivity contribution in [1.82, 2.24) is 15.5 Å². The Labute approximate surface area is 152 Å². The Morgan fingerprint density at radius 3 is 2.92 bits per heavy atom. The van der Waals surface area contributed by atoms with Crippen LogP contribution in [-0.2, 0) is 14.3 Å². The van der Waals surface area contributed by atoms with E-state index in [9.17, 15) is 14.4 Å². The molecule has 1 aliphatic heterocycles. The van der Waals surface area contributed by atoms with Crippen molar-refractivity contribution in [2.24, 2.45) is 0 Å². The quantitative estimate of drug-likeness (QED) is 0.551. The Balaban J connectivity index is 2.05. The zero-order chi connectivity index (χ0) is 17.7. The summed E-state index contributed by atoms with van der Waals surface area (Å²) in [6.07, 6.45) is -0.151. The van der Waals surface area contributed by atoms with Gasteiger partial charge in [-0.05, 0) is 47.2 Å². The summed E-state index contributed by atoms with van der Waals surface area (Å²) < 4.78 is 10.4. The molecule has 1 aliphatic rings. The fraction of sp³-hybridized carbons (Fsp3) is 0.429. The number of amides is 2. The molecule has 1 atom stereocenters. The molecule has 24 heavy (non-hydrogen) atoms. The van der Waals surface area contributed by atoms with Crippen molar-refractivity contribution in [1.29, 1.82) is 0 Å². The minimum absolute atomic E-state index is 0.0525. The fourth-order valence-electron chi connectivity index (χ4n) is 2.21. The number of carbonyl (C=O) groups excluding carboxylic acids is 3. The highest BCUT2D eigenvalue weighted by Crippen LogP contribution is 2.15. The molecule has 0 aliphatic carbocycles. The zero-order valence-electron chi connectivity index (χ0n) is 12.8. The molecule has 0 radical (unpaired) electrons. The number of carbonyl (C=O) groups is 3. The maximum Gasteiger partial charge on any atom is 0.308 e. The summed E-state index contributed by atoms with van der Waals surface area (Å²) in [7, 11) is 0. The number of esters is 1. The molecule has 1 fully saturated rings. The van der Waals surface area contributed by atoms with Crippen molar-refractivity contribution >= 4 is 51.0 Å². The van der Waals surface area contributed by atoms with Crippen molar-refractivity contribution in [3.05, 3.63) is 22.6 Å². The molecule has 2 rings (SSSR count). The SMILES string of the molecule is CCOC(=O)C[C@@H]1C(=O)NCCN1C(=S)NC(=O)c1ccc(Br)o1. The van der Waals surface area contributed by atoms with Gasteiger partial charge in [0.2, 0.25) is 5.91 Å². The van der Waals surface area contributed by atoms with Gasteiger partial charge in [0.15, 0.2) is 15.5 Å². The van der Waals surface area contributed by atoms with Crippen LogP contribution in [0.15, 0.2) is 21.2 Å². The number of nitrogens with zero attached hydrogens (tertiary/aromatic N) is 1. The first-order chi connectivity index (χ1) is 11.4. The Kier molecular flexibility index (Phi) is 6.32. The van der Waals surface area contributed by atoms with Crippen LogP contribution in [0.2, 0.25) is 0 Å². The van der Waals surface area contributed by atoms with Crippen molar-refractivity contribution < 1.29 is 23.5 Å². The van der Waals surface area contributed by atoms with Crippen LogP contribution in [0, 0.1) is 0 Å². The molecule has 0 saturated carbocycles. The Hall–Kier alpha value is -1.94. The lowest BCUT2D eigenvalue weighted by Gasteiger charge is -2.36. The lowest BCUT2D eigenvalue weighted by atomic mass is 10.1. The average molecular weight is 418 g/mol. The molecular formula is C14H16BrN3O5S. The van der Waals surface area contributed by atoms with Crippen LogP contribution in [0.4, 0.5) is 0 Å². The van der Waals surface area contributed by atoms with Gasteiger partial charge in [0, 0.05) is 13.1 Å². The fourth-order valence-corrected chi connectivity index (χ4v) is 2.82. The molecule has 0 spiro atoms. The van der Waals surface area contributed by atoms with Gasteiger partial charge in [-0.15, -0.1) is 0 Å². The minimum atomic E-state index is -0.825. The van der Waals surface area contributed by atoms with Gasteiger partial charge in [0.1, 0.15) is 6.04 Å². The van der Waals surface area contributed by atoms with Crippen molar-refractivity contribution in [3.63, 3.8) is 0 Å². The first kappa shape index (κ1) is 18.4. The highest BCUT2D eigenvalue weighted by molar-refractivity contribution is 9.10. The van der Waals surface area contributed by atoms with Crippen LogP contribution >= 0.6 is 28.1 Å². The van der Waals surface area contributed by atoms with E-state index in [1.165, 1.54) is 11.0 Å². The number of thiocarbonyl (C=S) groups is 1. The molecule has 0 unspecified atom stereocenters. The summed E-state index contributed by atoms with van der Waals surface area (Å²) in [4.78, 5) is 37.3. The molecule has 1 aromatic heterocycles. The summed E-state index contributed by atoms with van der Waals surface area (Å²) >= 11 is 8.32. The van der Waals surface area contributed by atoms with Gasteiger partial charge in [-0.1, -0.05) is 0 Å². The smallest absolute Gasteiger partial charge is 0.308 e. The van der Waals surface area contributed by atoms with E-state index in [1.54, 1.807) is 13.0 Å². The number of halogens is 1. The lowest BCUT2D eigenvalue weighted by Crippen LogP contribution is -2.60. The molecule has 10 heteroatoms. The highest BCUT2D eigenvalue weighted by atomic mass is 79.9. The van der Waals surface area contributed by atoms with E-state index in [1.807, 2.05) is 0 Å². The number of hydrogen-bond acceptors (Lipinski definition) is 6. The molecule has 0 bridgehead atoms. The molecule has 0 aromatic carbocycles. The number of ether oxygens (including phenoxy) is 1. The Bertz CT molecular complexity index is 663. The molecule has 2 heterocycles. The second kappa shape index (κ2) is 8.25. The molecule has 130 valence electrons. The Morgan fingerprint density at radius 2 is 2.29 bits per heavy atom. The maximum absolute atomic E-state index is 12.1. The highest BCUT2D eigenvalue weighted by Gasteiger charge is 2.34. The number of furan rings is 1. The standard InChI is InChI=1S/C14H16BrN3O5S/c1-2-22-11(19)7-8-12(20)16-5-6-18(8)14(24)17-13(21)9-3-4-10(15)23-9/h3-4,8H,2,5-7H2,1H3,(H,16,20)(H,17,21,24)/t8-/m1/s1. The van der Waals surface area contributed by atoms with Crippen LogP contribution in [0.1, 0.15) is 23.9 Å². The summed E-state index contributed by atoms with van der Waals surface area (Å²) in [5.41, 5.74) is 0. The third-order valence-corrected chi connectivity index (χ3v) is 4.04. The van der Waals surface area contributed by atoms with E-state index in [-0.39, 0.29) is 29.8 Å². The van der Waals surface area contributed by atoms with Crippen LogP contribution in [-0.4, -0.2) is 53.5 Å². The monoisotopic (exact) mass is 417 g/mol. The number of nitrogens with one attached hydrogen (secondary N) is 2. The number of rotatable bonds is 4. The van der Waals surface area contributed by atoms with Gasteiger partial charge in [-0.3, -0.25) is 19.7 Å². The largest absolute Gasteiger partial charge is 0.466 e. The predicted octanol–water partition coefficient (Wildman–Crippen LogP) is 0.810. The van der Waals surface area contributed by atoms with Crippen molar-refractivity contribution in [2.45, 2.75) is 19.4 Å². The maximum atomic E-state index is 12.1. The second-order valence-electron chi connectivity index (χ2n) is 4.87. The summed E-state index contributed by atoms with van der Waals surface area (Å²) in [6.45, 7) is 2.64. The lowest BCUT2D eigenvalue weighted by molar-refractivity contribution is -0.147. The van der Waals surface area contributed by atoms with Gasteiger partial charge < -0.3 is 19.4 Å². The molecule has 1 saturated heterocycles. The van der Waals surface area contributed by atoms with E-state index in [2.05, 4.69) is 26.6 Å². The topological polar surface area (TPSA) is 101 Å². The predicted molar refractivity (Wildman–Crippen MR) is 91.2 cm³/mol. The molecule has 2 amide bonds. The summed E-state index contributed by atoms with van der Waals surface area (Å²) in [6, 6.07) is 2.24. The molecule has 2 N–H and O–H groups in total. The van der Waals surface area contributed by atoms with E-state index < -0.39 is 17.9 Å². The van der Waals surface area contributed by atoms with E-state index in [0.29, 0.717) is 17.8 Å². The van der Waals surface area contributed by atoms with E-state index >= 15 is 0 Å². The first-order valence-electron chi connectivity index (χ1n) is 7.23. The second-order valence-corrected chi connectivity index (χ2v) is 6.04. The van der Waals surface area contributed by atoms with Crippen LogP contribution < -0.4 is 10.6 Å². The molecule has 1 aromatic rings.